The summed E-state index contributed by atoms with van der Waals surface area (Å²) >= 11 is 18.6. The molecule has 41 heavy (non-hydrogen) atoms. The monoisotopic (exact) mass is 608 g/mol. The van der Waals surface area contributed by atoms with Gasteiger partial charge in [0.1, 0.15) is 0 Å². The smallest absolute Gasteiger partial charge is 0.305 e. The Morgan fingerprint density at radius 3 is 2.02 bits per heavy atom. The van der Waals surface area contributed by atoms with Crippen LogP contribution in [0.1, 0.15) is 38.3 Å². The lowest BCUT2D eigenvalue weighted by atomic mass is 9.94. The Kier molecular flexibility index (Phi) is 10.4. The molecule has 2 amide bonds. The first-order chi connectivity index (χ1) is 19.7. The molecule has 2 N–H and O–H groups in total. The quantitative estimate of drug-likeness (QED) is 0.185. The molecule has 0 unspecified atom stereocenters. The molecule has 0 aliphatic carbocycles. The highest BCUT2D eigenvalue weighted by Gasteiger charge is 2.23. The lowest BCUT2D eigenvalue weighted by Gasteiger charge is -2.24. The van der Waals surface area contributed by atoms with Gasteiger partial charge in [-0.05, 0) is 59.0 Å². The van der Waals surface area contributed by atoms with E-state index in [-0.39, 0.29) is 37.9 Å². The van der Waals surface area contributed by atoms with E-state index in [0.717, 1.165) is 11.1 Å². The first kappa shape index (κ1) is 30.1. The molecule has 0 radical (unpaired) electrons. The van der Waals surface area contributed by atoms with E-state index in [1.165, 1.54) is 4.90 Å². The molecule has 0 aliphatic rings. The zero-order valence-corrected chi connectivity index (χ0v) is 24.2. The summed E-state index contributed by atoms with van der Waals surface area (Å²) in [6.07, 6.45) is 0.188. The number of halogens is 3. The molecule has 0 aromatic heterocycles. The highest BCUT2D eigenvalue weighted by Crippen LogP contribution is 2.29. The fourth-order valence-corrected chi connectivity index (χ4v) is 5.13. The van der Waals surface area contributed by atoms with E-state index in [0.29, 0.717) is 43.7 Å². The second-order valence-corrected chi connectivity index (χ2v) is 10.5. The van der Waals surface area contributed by atoms with Crippen LogP contribution in [0.15, 0.2) is 91.0 Å². The van der Waals surface area contributed by atoms with Crippen molar-refractivity contribution in [1.82, 2.24) is 10.2 Å². The van der Waals surface area contributed by atoms with E-state index < -0.39 is 5.97 Å². The second-order valence-electron chi connectivity index (χ2n) is 9.29. The molecular formula is C32H27Cl3N2O4. The molecule has 0 atom stereocenters. The minimum atomic E-state index is -1.01. The van der Waals surface area contributed by atoms with Crippen LogP contribution in [-0.4, -0.2) is 40.9 Å². The van der Waals surface area contributed by atoms with Gasteiger partial charge in [-0.15, -0.1) is 0 Å². The number of carbonyl (C=O) groups excluding carboxylic acids is 2. The lowest BCUT2D eigenvalue weighted by Crippen LogP contribution is -2.35. The van der Waals surface area contributed by atoms with Gasteiger partial charge in [0.25, 0.3) is 11.8 Å². The van der Waals surface area contributed by atoms with Crippen LogP contribution in [0.5, 0.6) is 0 Å². The summed E-state index contributed by atoms with van der Waals surface area (Å²) in [6, 6.07) is 26.4. The van der Waals surface area contributed by atoms with Gasteiger partial charge in [-0.3, -0.25) is 14.4 Å². The van der Waals surface area contributed by atoms with Crippen molar-refractivity contribution in [3.05, 3.63) is 128 Å². The molecule has 6 nitrogen and oxygen atoms in total. The van der Waals surface area contributed by atoms with Crippen molar-refractivity contribution in [2.24, 2.45) is 0 Å². The maximum atomic E-state index is 13.9. The Morgan fingerprint density at radius 1 is 0.707 bits per heavy atom. The van der Waals surface area contributed by atoms with Gasteiger partial charge in [0.2, 0.25) is 0 Å². The zero-order chi connectivity index (χ0) is 29.4. The molecule has 4 rings (SSSR count). The Bertz CT molecular complexity index is 1570. The number of carboxylic acids is 1. The Labute approximate surface area is 253 Å². The molecule has 210 valence electrons. The van der Waals surface area contributed by atoms with E-state index in [4.69, 9.17) is 34.8 Å². The summed E-state index contributed by atoms with van der Waals surface area (Å²) in [5, 5.41) is 13.8. The highest BCUT2D eigenvalue weighted by atomic mass is 35.5. The number of carboxylic acid groups (broad SMARTS) is 1. The third-order valence-electron chi connectivity index (χ3n) is 6.57. The van der Waals surface area contributed by atoms with E-state index >= 15 is 0 Å². The molecule has 9 heteroatoms. The van der Waals surface area contributed by atoms with E-state index in [2.05, 4.69) is 5.32 Å². The molecule has 0 heterocycles. The van der Waals surface area contributed by atoms with Crippen molar-refractivity contribution in [3.63, 3.8) is 0 Å². The van der Waals surface area contributed by atoms with Crippen LogP contribution in [0, 0.1) is 0 Å². The van der Waals surface area contributed by atoms with Crippen LogP contribution in [-0.2, 0) is 17.8 Å². The molecule has 0 saturated heterocycles. The average Bonchev–Trinajstić information content (AvgIpc) is 2.97. The van der Waals surface area contributed by atoms with Crippen molar-refractivity contribution in [2.45, 2.75) is 19.4 Å². The van der Waals surface area contributed by atoms with Crippen molar-refractivity contribution in [2.75, 3.05) is 13.1 Å². The largest absolute Gasteiger partial charge is 0.481 e. The van der Waals surface area contributed by atoms with Gasteiger partial charge in [-0.2, -0.15) is 0 Å². The molecular weight excluding hydrogens is 583 g/mol. The first-order valence-corrected chi connectivity index (χ1v) is 14.0. The zero-order valence-electron chi connectivity index (χ0n) is 21.9. The normalized spacial score (nSPS) is 10.7. The number of hydrogen-bond acceptors (Lipinski definition) is 3. The van der Waals surface area contributed by atoms with Gasteiger partial charge in [0, 0.05) is 45.8 Å². The number of hydrogen-bond donors (Lipinski definition) is 2. The van der Waals surface area contributed by atoms with Crippen LogP contribution in [0.4, 0.5) is 0 Å². The number of nitrogens with one attached hydrogen (secondary N) is 1. The van der Waals surface area contributed by atoms with Gasteiger partial charge in [-0.25, -0.2) is 0 Å². The van der Waals surface area contributed by atoms with Crippen LogP contribution in [0.3, 0.4) is 0 Å². The Balaban J connectivity index is 1.62. The predicted octanol–water partition coefficient (Wildman–Crippen LogP) is 7.40. The maximum absolute atomic E-state index is 13.9. The van der Waals surface area contributed by atoms with E-state index in [1.54, 1.807) is 72.8 Å². The maximum Gasteiger partial charge on any atom is 0.305 e. The number of benzene rings is 4. The van der Waals surface area contributed by atoms with Crippen molar-refractivity contribution in [1.29, 1.82) is 0 Å². The fourth-order valence-electron chi connectivity index (χ4n) is 4.43. The molecule has 0 bridgehead atoms. The minimum absolute atomic E-state index is 0.00762. The van der Waals surface area contributed by atoms with Crippen LogP contribution in [0.25, 0.3) is 11.1 Å². The average molecular weight is 610 g/mol. The van der Waals surface area contributed by atoms with Gasteiger partial charge >= 0.3 is 5.97 Å². The molecule has 0 saturated carbocycles. The first-order valence-electron chi connectivity index (χ1n) is 12.9. The summed E-state index contributed by atoms with van der Waals surface area (Å²) in [4.78, 5) is 40.1. The number of rotatable bonds is 11. The molecule has 4 aromatic carbocycles. The third-order valence-corrected chi connectivity index (χ3v) is 7.52. The van der Waals surface area contributed by atoms with Crippen LogP contribution < -0.4 is 5.32 Å². The summed E-state index contributed by atoms with van der Waals surface area (Å²) in [7, 11) is 0. The summed E-state index contributed by atoms with van der Waals surface area (Å²) < 4.78 is 0. The number of carbonyl (C=O) groups is 3. The summed E-state index contributed by atoms with van der Waals surface area (Å²) in [5.41, 5.74) is 3.46. The van der Waals surface area contributed by atoms with Crippen LogP contribution >= 0.6 is 34.8 Å². The fraction of sp³-hybridized carbons (Fsp3) is 0.156. The SMILES string of the molecule is O=C(O)CCN(CCc1ccc(Cl)cc1Cl)C(=O)c1ccccc1-c1ccccc1C(=O)NCc1ccccc1Cl. The topological polar surface area (TPSA) is 86.7 Å². The van der Waals surface area contributed by atoms with Gasteiger partial charge in [0.05, 0.1) is 6.42 Å². The van der Waals surface area contributed by atoms with Crippen molar-refractivity contribution in [3.8, 4) is 11.1 Å². The van der Waals surface area contributed by atoms with E-state index in [1.807, 2.05) is 18.2 Å². The molecule has 0 fully saturated rings. The van der Waals surface area contributed by atoms with Crippen LogP contribution in [0.2, 0.25) is 15.1 Å². The Hall–Kier alpha value is -3.84. The predicted molar refractivity (Wildman–Crippen MR) is 163 cm³/mol. The van der Waals surface area contributed by atoms with Gasteiger partial charge in [0.15, 0.2) is 0 Å². The molecule has 4 aromatic rings. The lowest BCUT2D eigenvalue weighted by molar-refractivity contribution is -0.137. The second kappa shape index (κ2) is 14.2. The van der Waals surface area contributed by atoms with E-state index in [9.17, 15) is 19.5 Å². The minimum Gasteiger partial charge on any atom is -0.481 e. The van der Waals surface area contributed by atoms with Gasteiger partial charge < -0.3 is 15.3 Å². The van der Waals surface area contributed by atoms with Crippen molar-refractivity contribution >= 4 is 52.6 Å². The number of amides is 2. The van der Waals surface area contributed by atoms with Gasteiger partial charge in [-0.1, -0.05) is 95.5 Å². The van der Waals surface area contributed by atoms with Crippen molar-refractivity contribution < 1.29 is 19.5 Å². The molecule has 0 aliphatic heterocycles. The Morgan fingerprint density at radius 2 is 1.34 bits per heavy atom. The standard InChI is InChI=1S/C32H27Cl3N2O4/c33-23-14-13-21(29(35)19-23)15-17-37(18-16-30(38)39)32(41)27-11-5-3-9-25(27)24-8-2-4-10-26(24)31(40)36-20-22-7-1-6-12-28(22)34/h1-14,19H,15-18,20H2,(H,36,40)(H,38,39). The third kappa shape index (κ3) is 7.88. The summed E-state index contributed by atoms with van der Waals surface area (Å²) in [5.74, 6) is -1.68. The summed E-state index contributed by atoms with van der Waals surface area (Å²) in [6.45, 7) is 0.485. The molecule has 0 spiro atoms. The number of nitrogens with zero attached hydrogens (tertiary/aromatic N) is 1. The highest BCUT2D eigenvalue weighted by molar-refractivity contribution is 6.35. The number of aliphatic carboxylic acids is 1.